The normalized spacial score (nSPS) is 17.8. The fourth-order valence-corrected chi connectivity index (χ4v) is 2.64. The first-order valence-electron chi connectivity index (χ1n) is 9.35. The Morgan fingerprint density at radius 2 is 1.07 bits per heavy atom. The van der Waals surface area contributed by atoms with E-state index in [-0.39, 0.29) is 75.5 Å². The van der Waals surface area contributed by atoms with Gasteiger partial charge < -0.3 is 40.1 Å². The van der Waals surface area contributed by atoms with Crippen LogP contribution in [0.2, 0.25) is 0 Å². The van der Waals surface area contributed by atoms with Crippen LogP contribution in [0.3, 0.4) is 0 Å². The van der Waals surface area contributed by atoms with Crippen molar-refractivity contribution in [3.63, 3.8) is 0 Å². The summed E-state index contributed by atoms with van der Waals surface area (Å²) in [6.45, 7) is 3.30. The minimum atomic E-state index is -0.667. The molecule has 0 saturated carbocycles. The standard InChI is InChI=1S/C14H28N8O8/c1-3-29-13(23)17-5-9-19(21(27)15-25)11-7-18(14(24)30-4-2)8-12-20(10-6-17)22(28)16-26/h25-26H,3-12H2,1-2H3/b21-15-,22-16-. The average Bonchev–Trinajstić information content (AvgIpc) is 2.73. The van der Waals surface area contributed by atoms with Crippen molar-refractivity contribution in [2.45, 2.75) is 13.8 Å². The summed E-state index contributed by atoms with van der Waals surface area (Å²) in [7, 11) is 0. The lowest BCUT2D eigenvalue weighted by Gasteiger charge is -2.30. The lowest BCUT2D eigenvalue weighted by Crippen LogP contribution is -2.50. The Hall–Kier alpha value is -3.46. The molecule has 0 aromatic carbocycles. The maximum absolute atomic E-state index is 12.2. The Balaban J connectivity index is 3.09. The molecule has 0 unspecified atom stereocenters. The van der Waals surface area contributed by atoms with Crippen molar-refractivity contribution in [3.05, 3.63) is 10.4 Å². The summed E-state index contributed by atoms with van der Waals surface area (Å²) in [6, 6.07) is 0. The van der Waals surface area contributed by atoms with Gasteiger partial charge in [0.2, 0.25) is 10.6 Å². The van der Waals surface area contributed by atoms with E-state index in [0.717, 1.165) is 10.0 Å². The first-order valence-corrected chi connectivity index (χ1v) is 9.35. The lowest BCUT2D eigenvalue weighted by atomic mass is 10.4. The first kappa shape index (κ1) is 24.6. The van der Waals surface area contributed by atoms with Gasteiger partial charge in [0.1, 0.15) is 0 Å². The molecule has 1 fully saturated rings. The molecule has 1 heterocycles. The molecular weight excluding hydrogens is 408 g/mol. The largest absolute Gasteiger partial charge is 0.569 e. The van der Waals surface area contributed by atoms with Crippen molar-refractivity contribution in [2.75, 3.05) is 65.6 Å². The monoisotopic (exact) mass is 436 g/mol. The topological polar surface area (TPSA) is 183 Å². The van der Waals surface area contributed by atoms with E-state index >= 15 is 0 Å². The molecule has 0 aromatic heterocycles. The highest BCUT2D eigenvalue weighted by atomic mass is 16.6. The molecule has 0 aromatic rings. The summed E-state index contributed by atoms with van der Waals surface area (Å²) in [5, 5.41) is 48.6. The van der Waals surface area contributed by atoms with Gasteiger partial charge in [-0.25, -0.2) is 9.59 Å². The third kappa shape index (κ3) is 7.51. The van der Waals surface area contributed by atoms with Gasteiger partial charge in [0, 0.05) is 26.2 Å². The minimum absolute atomic E-state index is 0.00450. The summed E-state index contributed by atoms with van der Waals surface area (Å²) in [5.74, 6) is 0. The molecule has 16 heteroatoms. The van der Waals surface area contributed by atoms with Gasteiger partial charge >= 0.3 is 12.2 Å². The average molecular weight is 436 g/mol. The third-order valence-electron chi connectivity index (χ3n) is 4.20. The minimum Gasteiger partial charge on any atom is -0.569 e. The highest BCUT2D eigenvalue weighted by Gasteiger charge is 2.26. The van der Waals surface area contributed by atoms with Crippen LogP contribution < -0.4 is 0 Å². The Labute approximate surface area is 172 Å². The van der Waals surface area contributed by atoms with E-state index < -0.39 is 12.2 Å². The number of hydrogen-bond acceptors (Lipinski definition) is 8. The Morgan fingerprint density at radius 1 is 0.767 bits per heavy atom. The molecule has 1 aliphatic rings. The van der Waals surface area contributed by atoms with Crippen LogP contribution in [0.1, 0.15) is 13.8 Å². The molecular formula is C14H28N8O8. The molecule has 0 bridgehead atoms. The van der Waals surface area contributed by atoms with Crippen LogP contribution in [0, 0.1) is 10.4 Å². The van der Waals surface area contributed by atoms with Crippen molar-refractivity contribution < 1.29 is 39.4 Å². The third-order valence-corrected chi connectivity index (χ3v) is 4.20. The van der Waals surface area contributed by atoms with Gasteiger partial charge in [0.25, 0.3) is 0 Å². The molecule has 16 nitrogen and oxygen atoms in total. The van der Waals surface area contributed by atoms with Crippen LogP contribution in [0.5, 0.6) is 0 Å². The Bertz CT molecular complexity index is 551. The van der Waals surface area contributed by atoms with Gasteiger partial charge in [-0.05, 0) is 13.8 Å². The predicted octanol–water partition coefficient (Wildman–Crippen LogP) is 0.0544. The number of carbonyl (C=O) groups is 2. The van der Waals surface area contributed by atoms with Gasteiger partial charge in [0.05, 0.1) is 49.3 Å². The second-order valence-corrected chi connectivity index (χ2v) is 5.96. The molecule has 1 saturated heterocycles. The molecule has 0 radical (unpaired) electrons. The van der Waals surface area contributed by atoms with Crippen LogP contribution in [-0.2, 0) is 9.47 Å². The van der Waals surface area contributed by atoms with Crippen LogP contribution in [0.25, 0.3) is 0 Å². The first-order chi connectivity index (χ1) is 14.4. The van der Waals surface area contributed by atoms with E-state index in [1.165, 1.54) is 9.80 Å². The van der Waals surface area contributed by atoms with E-state index in [1.807, 2.05) is 0 Å². The van der Waals surface area contributed by atoms with Gasteiger partial charge in [-0.1, -0.05) is 0 Å². The van der Waals surface area contributed by atoms with Gasteiger partial charge in [0.15, 0.2) is 0 Å². The number of ether oxygens (including phenoxy) is 2. The number of amides is 2. The summed E-state index contributed by atoms with van der Waals surface area (Å²) in [5.41, 5.74) is 0. The molecule has 2 N–H and O–H groups in total. The Morgan fingerprint density at radius 3 is 1.30 bits per heavy atom. The highest BCUT2D eigenvalue weighted by molar-refractivity contribution is 5.68. The zero-order valence-corrected chi connectivity index (χ0v) is 17.0. The van der Waals surface area contributed by atoms with Crippen molar-refractivity contribution in [1.82, 2.24) is 19.8 Å². The molecule has 0 aliphatic carbocycles. The van der Waals surface area contributed by atoms with Gasteiger partial charge in [-0.15, -0.1) is 10.0 Å². The summed E-state index contributed by atoms with van der Waals surface area (Å²) in [6.07, 6.45) is -1.33. The summed E-state index contributed by atoms with van der Waals surface area (Å²) >= 11 is 0. The van der Waals surface area contributed by atoms with Crippen molar-refractivity contribution in [2.24, 2.45) is 10.6 Å². The SMILES string of the molecule is CCOC(=O)N1CCN(/[N+]([O-])=N/O)CCN(C(=O)OCC)CCN(/[N+]([O-])=N/O)CC1. The van der Waals surface area contributed by atoms with Crippen molar-refractivity contribution in [1.29, 1.82) is 0 Å². The zero-order chi connectivity index (χ0) is 22.5. The fraction of sp³-hybridized carbons (Fsp3) is 0.857. The van der Waals surface area contributed by atoms with E-state index in [1.54, 1.807) is 13.8 Å². The molecule has 0 spiro atoms. The quantitative estimate of drug-likeness (QED) is 0.347. The molecule has 30 heavy (non-hydrogen) atoms. The summed E-state index contributed by atoms with van der Waals surface area (Å²) in [4.78, 5) is 26.8. The van der Waals surface area contributed by atoms with Crippen molar-refractivity contribution >= 4 is 12.2 Å². The van der Waals surface area contributed by atoms with E-state index in [9.17, 15) is 20.0 Å². The van der Waals surface area contributed by atoms with E-state index in [0.29, 0.717) is 0 Å². The molecule has 1 rings (SSSR count). The van der Waals surface area contributed by atoms with E-state index in [4.69, 9.17) is 19.9 Å². The molecule has 2 amide bonds. The van der Waals surface area contributed by atoms with E-state index in [2.05, 4.69) is 10.6 Å². The van der Waals surface area contributed by atoms with Crippen LogP contribution in [0.15, 0.2) is 10.6 Å². The predicted molar refractivity (Wildman–Crippen MR) is 96.0 cm³/mol. The highest BCUT2D eigenvalue weighted by Crippen LogP contribution is 2.05. The van der Waals surface area contributed by atoms with Crippen LogP contribution in [0.4, 0.5) is 9.59 Å². The van der Waals surface area contributed by atoms with Gasteiger partial charge in [-0.3, -0.25) is 0 Å². The molecule has 0 atom stereocenters. The summed E-state index contributed by atoms with van der Waals surface area (Å²) < 4.78 is 9.95. The van der Waals surface area contributed by atoms with Crippen molar-refractivity contribution in [3.8, 4) is 0 Å². The number of hydrazine groups is 2. The number of hydrogen-bond donors (Lipinski definition) is 2. The maximum atomic E-state index is 12.2. The van der Waals surface area contributed by atoms with Gasteiger partial charge in [-0.2, -0.15) is 0 Å². The Kier molecular flexibility index (Phi) is 10.6. The smallest absolute Gasteiger partial charge is 0.409 e. The zero-order valence-electron chi connectivity index (χ0n) is 17.0. The van der Waals surface area contributed by atoms with Crippen LogP contribution in [-0.4, -0.2) is 118 Å². The number of nitrogens with zero attached hydrogens (tertiary/aromatic N) is 8. The molecule has 1 aliphatic heterocycles. The lowest BCUT2D eigenvalue weighted by molar-refractivity contribution is -0.711. The second-order valence-electron chi connectivity index (χ2n) is 5.96. The second kappa shape index (κ2) is 12.9. The fourth-order valence-electron chi connectivity index (χ4n) is 2.64. The number of rotatable bonds is 4. The molecule has 172 valence electrons. The van der Waals surface area contributed by atoms with Crippen LogP contribution >= 0.6 is 0 Å². The number of carbonyl (C=O) groups excluding carboxylic acids is 2. The maximum Gasteiger partial charge on any atom is 0.409 e.